The molecule has 0 saturated carbocycles. The van der Waals surface area contributed by atoms with Crippen molar-refractivity contribution in [2.75, 3.05) is 20.2 Å². The van der Waals surface area contributed by atoms with Crippen LogP contribution in [0, 0.1) is 0 Å². The molecule has 1 aromatic heterocycles. The lowest BCUT2D eigenvalue weighted by Crippen LogP contribution is -2.49. The van der Waals surface area contributed by atoms with Crippen molar-refractivity contribution in [1.29, 1.82) is 0 Å². The molecule has 7 nitrogen and oxygen atoms in total. The van der Waals surface area contributed by atoms with Crippen LogP contribution in [0.3, 0.4) is 0 Å². The van der Waals surface area contributed by atoms with E-state index in [1.807, 2.05) is 0 Å². The molecular formula is C20H24N2O5. The zero-order chi connectivity index (χ0) is 19.2. The van der Waals surface area contributed by atoms with Crippen LogP contribution in [0.5, 0.6) is 11.5 Å². The lowest BCUT2D eigenvalue weighted by atomic mass is 10.0. The smallest absolute Gasteiger partial charge is 0.289 e. The second-order valence-corrected chi connectivity index (χ2v) is 6.49. The number of furan rings is 1. The SMILES string of the molecule is COc1ccc(OC(C)C(=O)NC2CCN(C(=O)c3ccco3)CC2)cc1. The first-order chi connectivity index (χ1) is 13.1. The zero-order valence-corrected chi connectivity index (χ0v) is 15.5. The van der Waals surface area contributed by atoms with Gasteiger partial charge in [0, 0.05) is 19.1 Å². The molecule has 0 spiro atoms. The Kier molecular flexibility index (Phi) is 6.01. The number of hydrogen-bond donors (Lipinski definition) is 1. The molecule has 2 heterocycles. The molecule has 0 bridgehead atoms. The molecule has 1 saturated heterocycles. The molecule has 0 radical (unpaired) electrons. The number of carbonyl (C=O) groups excluding carboxylic acids is 2. The van der Waals surface area contributed by atoms with Gasteiger partial charge in [-0.2, -0.15) is 0 Å². The molecule has 2 aromatic rings. The second-order valence-electron chi connectivity index (χ2n) is 6.49. The van der Waals surface area contributed by atoms with Crippen LogP contribution < -0.4 is 14.8 Å². The molecule has 0 aliphatic carbocycles. The number of amides is 2. The van der Waals surface area contributed by atoms with Crippen molar-refractivity contribution in [2.24, 2.45) is 0 Å². The van der Waals surface area contributed by atoms with E-state index in [9.17, 15) is 9.59 Å². The summed E-state index contributed by atoms with van der Waals surface area (Å²) >= 11 is 0. The molecule has 144 valence electrons. The molecule has 1 fully saturated rings. The van der Waals surface area contributed by atoms with Gasteiger partial charge in [-0.25, -0.2) is 0 Å². The summed E-state index contributed by atoms with van der Waals surface area (Å²) in [6.45, 7) is 2.88. The van der Waals surface area contributed by atoms with Gasteiger partial charge in [0.15, 0.2) is 11.9 Å². The molecule has 1 unspecified atom stereocenters. The van der Waals surface area contributed by atoms with E-state index < -0.39 is 6.10 Å². The van der Waals surface area contributed by atoms with Gasteiger partial charge in [0.1, 0.15) is 11.5 Å². The number of piperidine rings is 1. The third-order valence-corrected chi connectivity index (χ3v) is 4.60. The standard InChI is InChI=1S/C20H24N2O5/c1-14(27-17-7-5-16(25-2)6-8-17)19(23)21-15-9-11-22(12-10-15)20(24)18-4-3-13-26-18/h3-8,13-15H,9-12H2,1-2H3,(H,21,23). The molecule has 1 atom stereocenters. The van der Waals surface area contributed by atoms with Gasteiger partial charge in [0.05, 0.1) is 13.4 Å². The van der Waals surface area contributed by atoms with Crippen molar-refractivity contribution in [2.45, 2.75) is 31.9 Å². The minimum Gasteiger partial charge on any atom is -0.497 e. The van der Waals surface area contributed by atoms with E-state index in [1.54, 1.807) is 55.3 Å². The van der Waals surface area contributed by atoms with Gasteiger partial charge in [0.2, 0.25) is 0 Å². The van der Waals surface area contributed by atoms with Crippen molar-refractivity contribution in [1.82, 2.24) is 10.2 Å². The summed E-state index contributed by atoms with van der Waals surface area (Å²) in [7, 11) is 1.60. The van der Waals surface area contributed by atoms with Crippen LogP contribution in [0.25, 0.3) is 0 Å². The minimum atomic E-state index is -0.610. The molecule has 1 N–H and O–H groups in total. The summed E-state index contributed by atoms with van der Waals surface area (Å²) in [6, 6.07) is 10.5. The van der Waals surface area contributed by atoms with Gasteiger partial charge in [-0.3, -0.25) is 9.59 Å². The molecule has 3 rings (SSSR count). The summed E-state index contributed by atoms with van der Waals surface area (Å²) in [4.78, 5) is 26.4. The molecule has 7 heteroatoms. The first-order valence-corrected chi connectivity index (χ1v) is 9.00. The van der Waals surface area contributed by atoms with Gasteiger partial charge in [-0.1, -0.05) is 0 Å². The van der Waals surface area contributed by atoms with Gasteiger partial charge >= 0.3 is 0 Å². The highest BCUT2D eigenvalue weighted by molar-refractivity contribution is 5.91. The molecular weight excluding hydrogens is 348 g/mol. The maximum absolute atomic E-state index is 12.4. The highest BCUT2D eigenvalue weighted by atomic mass is 16.5. The lowest BCUT2D eigenvalue weighted by Gasteiger charge is -2.32. The number of benzene rings is 1. The Labute approximate surface area is 158 Å². The predicted molar refractivity (Wildman–Crippen MR) is 98.9 cm³/mol. The third kappa shape index (κ3) is 4.81. The number of nitrogens with zero attached hydrogens (tertiary/aromatic N) is 1. The molecule has 1 aliphatic rings. The number of hydrogen-bond acceptors (Lipinski definition) is 5. The highest BCUT2D eigenvalue weighted by Crippen LogP contribution is 2.19. The fourth-order valence-electron chi connectivity index (χ4n) is 3.01. The normalized spacial score (nSPS) is 15.9. The first kappa shape index (κ1) is 18.8. The van der Waals surface area contributed by atoms with Crippen LogP contribution >= 0.6 is 0 Å². The number of ether oxygens (including phenoxy) is 2. The van der Waals surface area contributed by atoms with E-state index in [4.69, 9.17) is 13.9 Å². The number of methoxy groups -OCH3 is 1. The van der Waals surface area contributed by atoms with Crippen LogP contribution in [-0.2, 0) is 4.79 Å². The Morgan fingerprint density at radius 2 is 1.81 bits per heavy atom. The number of carbonyl (C=O) groups is 2. The molecule has 2 amide bonds. The fraction of sp³-hybridized carbons (Fsp3) is 0.400. The van der Waals surface area contributed by atoms with E-state index in [0.29, 0.717) is 37.4 Å². The maximum Gasteiger partial charge on any atom is 0.289 e. The number of rotatable bonds is 6. The number of likely N-dealkylation sites (tertiary alicyclic amines) is 1. The Morgan fingerprint density at radius 3 is 2.41 bits per heavy atom. The van der Waals surface area contributed by atoms with Gasteiger partial charge in [0.25, 0.3) is 11.8 Å². The van der Waals surface area contributed by atoms with Crippen LogP contribution in [0.15, 0.2) is 47.1 Å². The summed E-state index contributed by atoms with van der Waals surface area (Å²) in [6.07, 6.45) is 2.28. The largest absolute Gasteiger partial charge is 0.497 e. The van der Waals surface area contributed by atoms with Crippen LogP contribution in [0.1, 0.15) is 30.3 Å². The Balaban J connectivity index is 1.45. The third-order valence-electron chi connectivity index (χ3n) is 4.60. The maximum atomic E-state index is 12.4. The summed E-state index contributed by atoms with van der Waals surface area (Å²) < 4.78 is 15.9. The average molecular weight is 372 g/mol. The summed E-state index contributed by atoms with van der Waals surface area (Å²) in [5.41, 5.74) is 0. The van der Waals surface area contributed by atoms with E-state index in [0.717, 1.165) is 5.75 Å². The van der Waals surface area contributed by atoms with E-state index in [1.165, 1.54) is 6.26 Å². The van der Waals surface area contributed by atoms with Crippen LogP contribution in [-0.4, -0.2) is 49.1 Å². The highest BCUT2D eigenvalue weighted by Gasteiger charge is 2.27. The number of nitrogens with one attached hydrogen (secondary N) is 1. The average Bonchev–Trinajstić information content (AvgIpc) is 3.23. The van der Waals surface area contributed by atoms with Crippen molar-refractivity contribution >= 4 is 11.8 Å². The Bertz CT molecular complexity index is 749. The fourth-order valence-corrected chi connectivity index (χ4v) is 3.01. The van der Waals surface area contributed by atoms with Gasteiger partial charge < -0.3 is 24.1 Å². The molecule has 1 aliphatic heterocycles. The second kappa shape index (κ2) is 8.62. The molecule has 1 aromatic carbocycles. The van der Waals surface area contributed by atoms with Crippen molar-refractivity contribution in [3.05, 3.63) is 48.4 Å². The topological polar surface area (TPSA) is 81.0 Å². The Hall–Kier alpha value is -2.96. The van der Waals surface area contributed by atoms with E-state index >= 15 is 0 Å². The first-order valence-electron chi connectivity index (χ1n) is 9.00. The van der Waals surface area contributed by atoms with Crippen LogP contribution in [0.4, 0.5) is 0 Å². The summed E-state index contributed by atoms with van der Waals surface area (Å²) in [5.74, 6) is 1.41. The van der Waals surface area contributed by atoms with Gasteiger partial charge in [-0.15, -0.1) is 0 Å². The van der Waals surface area contributed by atoms with E-state index in [2.05, 4.69) is 5.32 Å². The lowest BCUT2D eigenvalue weighted by molar-refractivity contribution is -0.128. The van der Waals surface area contributed by atoms with Crippen molar-refractivity contribution < 1.29 is 23.5 Å². The van der Waals surface area contributed by atoms with Crippen molar-refractivity contribution in [3.63, 3.8) is 0 Å². The van der Waals surface area contributed by atoms with Crippen LogP contribution in [0.2, 0.25) is 0 Å². The summed E-state index contributed by atoms with van der Waals surface area (Å²) in [5, 5.41) is 3.01. The monoisotopic (exact) mass is 372 g/mol. The quantitative estimate of drug-likeness (QED) is 0.843. The van der Waals surface area contributed by atoms with Crippen molar-refractivity contribution in [3.8, 4) is 11.5 Å². The zero-order valence-electron chi connectivity index (χ0n) is 15.5. The minimum absolute atomic E-state index is 0.0278. The van der Waals surface area contributed by atoms with Gasteiger partial charge in [-0.05, 0) is 56.2 Å². The van der Waals surface area contributed by atoms with E-state index in [-0.39, 0.29) is 17.9 Å². The Morgan fingerprint density at radius 1 is 1.15 bits per heavy atom. The molecule has 27 heavy (non-hydrogen) atoms. The predicted octanol–water partition coefficient (Wildman–Crippen LogP) is 2.48.